The molecule has 0 aliphatic carbocycles. The summed E-state index contributed by atoms with van der Waals surface area (Å²) in [7, 11) is 0. The van der Waals surface area contributed by atoms with Crippen molar-refractivity contribution < 1.29 is 15.0 Å². The number of amides is 1. The van der Waals surface area contributed by atoms with Gasteiger partial charge in [0, 0.05) is 19.3 Å². The molecule has 92 valence electrons. The number of β-amino-alcohol motifs (C(OH)–C–C–N with tert-alkyl or cyclic N) is 2. The minimum Gasteiger partial charge on any atom is -0.388 e. The second-order valence-corrected chi connectivity index (χ2v) is 4.63. The van der Waals surface area contributed by atoms with Crippen LogP contribution >= 0.6 is 23.2 Å². The van der Waals surface area contributed by atoms with E-state index in [1.807, 2.05) is 0 Å². The number of aromatic nitrogens is 1. The van der Waals surface area contributed by atoms with E-state index in [1.54, 1.807) is 0 Å². The van der Waals surface area contributed by atoms with Gasteiger partial charge in [-0.2, -0.15) is 0 Å². The van der Waals surface area contributed by atoms with Gasteiger partial charge in [-0.3, -0.25) is 4.79 Å². The molecule has 1 fully saturated rings. The predicted octanol–water partition coefficient (Wildman–Crippen LogP) is 0.566. The van der Waals surface area contributed by atoms with E-state index in [1.165, 1.54) is 17.2 Å². The summed E-state index contributed by atoms with van der Waals surface area (Å²) >= 11 is 11.5. The average Bonchev–Trinajstić information content (AvgIpc) is 2.62. The molecule has 0 spiro atoms. The first-order valence-corrected chi connectivity index (χ1v) is 5.71. The van der Waals surface area contributed by atoms with Crippen LogP contribution < -0.4 is 0 Å². The Morgan fingerprint density at radius 3 is 2.53 bits per heavy atom. The smallest absolute Gasteiger partial charge is 0.255 e. The van der Waals surface area contributed by atoms with E-state index < -0.39 is 12.2 Å². The van der Waals surface area contributed by atoms with Crippen molar-refractivity contribution in [1.82, 2.24) is 9.88 Å². The molecule has 1 aromatic heterocycles. The molecule has 0 aromatic carbocycles. The van der Waals surface area contributed by atoms with Crippen molar-refractivity contribution in [2.45, 2.75) is 12.2 Å². The fourth-order valence-electron chi connectivity index (χ4n) is 1.68. The Hall–Kier alpha value is -0.880. The van der Waals surface area contributed by atoms with E-state index in [0.717, 1.165) is 0 Å². The Balaban J connectivity index is 2.23. The quantitative estimate of drug-likeness (QED) is 0.736. The van der Waals surface area contributed by atoms with Gasteiger partial charge in [0.15, 0.2) is 0 Å². The highest BCUT2D eigenvalue weighted by molar-refractivity contribution is 6.35. The van der Waals surface area contributed by atoms with Crippen molar-refractivity contribution in [3.63, 3.8) is 0 Å². The SMILES string of the molecule is O=C(c1cc(Cl)ncc1Cl)N1CC(O)C(O)C1. The minimum atomic E-state index is -0.921. The van der Waals surface area contributed by atoms with Gasteiger partial charge < -0.3 is 15.1 Å². The highest BCUT2D eigenvalue weighted by Gasteiger charge is 2.33. The maximum Gasteiger partial charge on any atom is 0.255 e. The van der Waals surface area contributed by atoms with Crippen molar-refractivity contribution >= 4 is 29.1 Å². The van der Waals surface area contributed by atoms with Gasteiger partial charge in [0.2, 0.25) is 0 Å². The topological polar surface area (TPSA) is 73.7 Å². The number of carbonyl (C=O) groups excluding carboxylic acids is 1. The lowest BCUT2D eigenvalue weighted by Crippen LogP contribution is -2.30. The third-order valence-electron chi connectivity index (χ3n) is 2.60. The maximum atomic E-state index is 12.0. The number of pyridine rings is 1. The van der Waals surface area contributed by atoms with Crippen molar-refractivity contribution in [2.24, 2.45) is 0 Å². The first-order valence-electron chi connectivity index (χ1n) is 4.95. The van der Waals surface area contributed by atoms with Crippen LogP contribution in [0.15, 0.2) is 12.3 Å². The summed E-state index contributed by atoms with van der Waals surface area (Å²) in [4.78, 5) is 17.1. The first-order chi connectivity index (χ1) is 7.99. The minimum absolute atomic E-state index is 0.0796. The van der Waals surface area contributed by atoms with E-state index in [-0.39, 0.29) is 34.7 Å². The lowest BCUT2D eigenvalue weighted by Gasteiger charge is -2.16. The van der Waals surface area contributed by atoms with Crippen LogP contribution in [0.5, 0.6) is 0 Å². The molecule has 0 radical (unpaired) electrons. The Bertz CT molecular complexity index is 445. The summed E-state index contributed by atoms with van der Waals surface area (Å²) in [5, 5.41) is 19.1. The number of hydrogen-bond donors (Lipinski definition) is 2. The van der Waals surface area contributed by atoms with E-state index in [9.17, 15) is 15.0 Å². The molecule has 2 rings (SSSR count). The van der Waals surface area contributed by atoms with Crippen LogP contribution in [-0.2, 0) is 0 Å². The molecule has 2 heterocycles. The Kier molecular flexibility index (Phi) is 3.53. The Labute approximate surface area is 108 Å². The fraction of sp³-hybridized carbons (Fsp3) is 0.400. The molecular weight excluding hydrogens is 267 g/mol. The lowest BCUT2D eigenvalue weighted by atomic mass is 10.2. The van der Waals surface area contributed by atoms with E-state index in [4.69, 9.17) is 23.2 Å². The van der Waals surface area contributed by atoms with Crippen LogP contribution in [0.25, 0.3) is 0 Å². The molecule has 0 bridgehead atoms. The van der Waals surface area contributed by atoms with Gasteiger partial charge in [-0.1, -0.05) is 23.2 Å². The van der Waals surface area contributed by atoms with Crippen molar-refractivity contribution in [3.8, 4) is 0 Å². The number of likely N-dealkylation sites (tertiary alicyclic amines) is 1. The molecule has 5 nitrogen and oxygen atoms in total. The largest absolute Gasteiger partial charge is 0.388 e. The van der Waals surface area contributed by atoms with Gasteiger partial charge in [0.1, 0.15) is 5.15 Å². The molecule has 17 heavy (non-hydrogen) atoms. The van der Waals surface area contributed by atoms with Crippen LogP contribution in [0, 0.1) is 0 Å². The normalized spacial score (nSPS) is 24.1. The van der Waals surface area contributed by atoms with Gasteiger partial charge in [-0.25, -0.2) is 4.98 Å². The summed E-state index contributed by atoms with van der Waals surface area (Å²) in [5.74, 6) is -0.380. The molecule has 1 aliphatic heterocycles. The van der Waals surface area contributed by atoms with Crippen molar-refractivity contribution in [2.75, 3.05) is 13.1 Å². The van der Waals surface area contributed by atoms with Crippen molar-refractivity contribution in [3.05, 3.63) is 28.0 Å². The number of carbonyl (C=O) groups is 1. The molecular formula is C10H10Cl2N2O3. The number of hydrogen-bond acceptors (Lipinski definition) is 4. The number of rotatable bonds is 1. The summed E-state index contributed by atoms with van der Waals surface area (Å²) < 4.78 is 0. The highest BCUT2D eigenvalue weighted by Crippen LogP contribution is 2.22. The van der Waals surface area contributed by atoms with E-state index in [0.29, 0.717) is 0 Å². The van der Waals surface area contributed by atoms with Crippen molar-refractivity contribution in [1.29, 1.82) is 0 Å². The lowest BCUT2D eigenvalue weighted by molar-refractivity contribution is 0.0572. The zero-order valence-electron chi connectivity index (χ0n) is 8.68. The summed E-state index contributed by atoms with van der Waals surface area (Å²) in [6.45, 7) is 0.159. The predicted molar refractivity (Wildman–Crippen MR) is 62.2 cm³/mol. The zero-order valence-corrected chi connectivity index (χ0v) is 10.2. The second-order valence-electron chi connectivity index (χ2n) is 3.83. The second kappa shape index (κ2) is 4.78. The molecule has 0 saturated carbocycles. The third-order valence-corrected chi connectivity index (χ3v) is 3.11. The molecule has 1 aliphatic rings. The van der Waals surface area contributed by atoms with Gasteiger partial charge in [0.05, 0.1) is 22.8 Å². The molecule has 1 amide bonds. The van der Waals surface area contributed by atoms with E-state index in [2.05, 4.69) is 4.98 Å². The van der Waals surface area contributed by atoms with Gasteiger partial charge in [-0.05, 0) is 6.07 Å². The fourth-order valence-corrected chi connectivity index (χ4v) is 2.02. The standard InChI is InChI=1S/C10H10Cl2N2O3/c11-6-2-13-9(12)1-5(6)10(17)14-3-7(15)8(16)4-14/h1-2,7-8,15-16H,3-4H2. The van der Waals surface area contributed by atoms with Crippen LogP contribution in [0.1, 0.15) is 10.4 Å². The average molecular weight is 277 g/mol. The summed E-state index contributed by atoms with van der Waals surface area (Å²) in [5.41, 5.74) is 0.216. The number of nitrogens with zero attached hydrogens (tertiary/aromatic N) is 2. The molecule has 2 atom stereocenters. The zero-order chi connectivity index (χ0) is 12.6. The molecule has 2 unspecified atom stereocenters. The molecule has 7 heteroatoms. The van der Waals surface area contributed by atoms with Crippen LogP contribution in [-0.4, -0.2) is 51.3 Å². The highest BCUT2D eigenvalue weighted by atomic mass is 35.5. The molecule has 1 aromatic rings. The van der Waals surface area contributed by atoms with Crippen LogP contribution in [0.2, 0.25) is 10.2 Å². The summed E-state index contributed by atoms with van der Waals surface area (Å²) in [6, 6.07) is 1.36. The first kappa shape index (κ1) is 12.6. The monoisotopic (exact) mass is 276 g/mol. The van der Waals surface area contributed by atoms with E-state index >= 15 is 0 Å². The number of aliphatic hydroxyl groups excluding tert-OH is 2. The number of aliphatic hydroxyl groups is 2. The van der Waals surface area contributed by atoms with Crippen LogP contribution in [0.3, 0.4) is 0 Å². The Morgan fingerprint density at radius 2 is 1.94 bits per heavy atom. The Morgan fingerprint density at radius 1 is 1.35 bits per heavy atom. The van der Waals surface area contributed by atoms with Crippen LogP contribution in [0.4, 0.5) is 0 Å². The van der Waals surface area contributed by atoms with Gasteiger partial charge in [0.25, 0.3) is 5.91 Å². The third kappa shape index (κ3) is 2.52. The molecule has 2 N–H and O–H groups in total. The van der Waals surface area contributed by atoms with Gasteiger partial charge >= 0.3 is 0 Å². The number of halogens is 2. The molecule has 1 saturated heterocycles. The van der Waals surface area contributed by atoms with Gasteiger partial charge in [-0.15, -0.1) is 0 Å². The maximum absolute atomic E-state index is 12.0. The summed E-state index contributed by atoms with van der Waals surface area (Å²) in [6.07, 6.45) is -0.551.